The first kappa shape index (κ1) is 15.2. The summed E-state index contributed by atoms with van der Waals surface area (Å²) >= 11 is 0. The molecule has 0 aliphatic heterocycles. The highest BCUT2D eigenvalue weighted by molar-refractivity contribution is 4.92. The molecule has 0 spiro atoms. The van der Waals surface area contributed by atoms with Crippen LogP contribution >= 0.6 is 0 Å². The Morgan fingerprint density at radius 3 is 2.67 bits per heavy atom. The number of nitrogens with one attached hydrogen (secondary N) is 1. The summed E-state index contributed by atoms with van der Waals surface area (Å²) in [7, 11) is 0. The molecular weight excluding hydrogens is 224 g/mol. The van der Waals surface area contributed by atoms with E-state index in [1.807, 2.05) is 6.20 Å². The SMILES string of the molecule is CCCc1nccn1CCNCCN(CC)CC. The van der Waals surface area contributed by atoms with Crippen LogP contribution in [0.2, 0.25) is 0 Å². The molecule has 4 heteroatoms. The van der Waals surface area contributed by atoms with E-state index in [9.17, 15) is 0 Å². The lowest BCUT2D eigenvalue weighted by atomic mass is 10.3. The predicted molar refractivity (Wildman–Crippen MR) is 76.9 cm³/mol. The fraction of sp³-hybridized carbons (Fsp3) is 0.786. The molecule has 4 nitrogen and oxygen atoms in total. The molecule has 0 unspecified atom stereocenters. The Morgan fingerprint density at radius 2 is 2.00 bits per heavy atom. The maximum atomic E-state index is 4.39. The number of rotatable bonds is 10. The minimum absolute atomic E-state index is 1.02. The van der Waals surface area contributed by atoms with Gasteiger partial charge in [-0.05, 0) is 19.5 Å². The zero-order valence-corrected chi connectivity index (χ0v) is 12.2. The Kier molecular flexibility index (Phi) is 7.69. The first-order valence-corrected chi connectivity index (χ1v) is 7.24. The molecule has 1 rings (SSSR count). The monoisotopic (exact) mass is 252 g/mol. The second kappa shape index (κ2) is 9.11. The van der Waals surface area contributed by atoms with Crippen LogP contribution in [0.4, 0.5) is 0 Å². The molecule has 1 heterocycles. The first-order chi connectivity index (χ1) is 8.81. The van der Waals surface area contributed by atoms with E-state index in [2.05, 4.69) is 46.7 Å². The van der Waals surface area contributed by atoms with E-state index in [1.165, 1.54) is 5.82 Å². The Labute approximate surface area is 111 Å². The maximum Gasteiger partial charge on any atom is 0.108 e. The zero-order chi connectivity index (χ0) is 13.2. The van der Waals surface area contributed by atoms with Crippen molar-refractivity contribution < 1.29 is 0 Å². The number of aromatic nitrogens is 2. The van der Waals surface area contributed by atoms with Crippen molar-refractivity contribution in [1.82, 2.24) is 19.8 Å². The third-order valence-electron chi connectivity index (χ3n) is 3.30. The zero-order valence-electron chi connectivity index (χ0n) is 12.2. The number of imidazole rings is 1. The molecular formula is C14H28N4. The van der Waals surface area contributed by atoms with E-state index in [-0.39, 0.29) is 0 Å². The van der Waals surface area contributed by atoms with Crippen molar-refractivity contribution in [2.75, 3.05) is 32.7 Å². The van der Waals surface area contributed by atoms with E-state index in [4.69, 9.17) is 0 Å². The van der Waals surface area contributed by atoms with E-state index in [0.29, 0.717) is 0 Å². The van der Waals surface area contributed by atoms with Crippen LogP contribution in [0, 0.1) is 0 Å². The number of aryl methyl sites for hydroxylation is 1. The van der Waals surface area contributed by atoms with Crippen molar-refractivity contribution in [3.8, 4) is 0 Å². The molecule has 0 amide bonds. The largest absolute Gasteiger partial charge is 0.334 e. The highest BCUT2D eigenvalue weighted by atomic mass is 15.1. The second-order valence-electron chi connectivity index (χ2n) is 4.56. The van der Waals surface area contributed by atoms with Crippen LogP contribution in [0.5, 0.6) is 0 Å². The van der Waals surface area contributed by atoms with Crippen LogP contribution in [0.25, 0.3) is 0 Å². The van der Waals surface area contributed by atoms with E-state index >= 15 is 0 Å². The Morgan fingerprint density at radius 1 is 1.22 bits per heavy atom. The third kappa shape index (κ3) is 5.19. The van der Waals surface area contributed by atoms with Gasteiger partial charge in [-0.15, -0.1) is 0 Å². The third-order valence-corrected chi connectivity index (χ3v) is 3.30. The van der Waals surface area contributed by atoms with Gasteiger partial charge in [-0.1, -0.05) is 20.8 Å². The number of nitrogens with zero attached hydrogens (tertiary/aromatic N) is 3. The molecule has 1 aromatic heterocycles. The molecule has 0 saturated carbocycles. The van der Waals surface area contributed by atoms with Crippen molar-refractivity contribution in [1.29, 1.82) is 0 Å². The van der Waals surface area contributed by atoms with Gasteiger partial charge in [0.1, 0.15) is 5.82 Å². The number of hydrogen-bond acceptors (Lipinski definition) is 3. The highest BCUT2D eigenvalue weighted by Crippen LogP contribution is 2.00. The minimum Gasteiger partial charge on any atom is -0.334 e. The van der Waals surface area contributed by atoms with Gasteiger partial charge in [-0.25, -0.2) is 4.98 Å². The van der Waals surface area contributed by atoms with Crippen molar-refractivity contribution in [3.05, 3.63) is 18.2 Å². The molecule has 0 bridgehead atoms. The highest BCUT2D eigenvalue weighted by Gasteiger charge is 2.01. The normalized spacial score (nSPS) is 11.3. The molecule has 18 heavy (non-hydrogen) atoms. The van der Waals surface area contributed by atoms with Gasteiger partial charge in [0.15, 0.2) is 0 Å². The van der Waals surface area contributed by atoms with Crippen LogP contribution in [0.1, 0.15) is 33.0 Å². The Bertz CT molecular complexity index is 304. The summed E-state index contributed by atoms with van der Waals surface area (Å²) in [6, 6.07) is 0. The average molecular weight is 252 g/mol. The minimum atomic E-state index is 1.02. The molecule has 0 aliphatic rings. The van der Waals surface area contributed by atoms with Crippen LogP contribution < -0.4 is 5.32 Å². The number of hydrogen-bond donors (Lipinski definition) is 1. The van der Waals surface area contributed by atoms with E-state index < -0.39 is 0 Å². The van der Waals surface area contributed by atoms with Gasteiger partial charge in [-0.3, -0.25) is 0 Å². The van der Waals surface area contributed by atoms with Gasteiger partial charge in [-0.2, -0.15) is 0 Å². The van der Waals surface area contributed by atoms with E-state index in [1.54, 1.807) is 0 Å². The van der Waals surface area contributed by atoms with Gasteiger partial charge < -0.3 is 14.8 Å². The standard InChI is InChI=1S/C14H28N4/c1-4-7-14-16-10-13-18(14)12-9-15-8-11-17(5-2)6-3/h10,13,15H,4-9,11-12H2,1-3H3. The summed E-state index contributed by atoms with van der Waals surface area (Å²) in [6.07, 6.45) is 6.22. The van der Waals surface area contributed by atoms with E-state index in [0.717, 1.165) is 52.1 Å². The molecule has 0 aliphatic carbocycles. The van der Waals surface area contributed by atoms with Gasteiger partial charge >= 0.3 is 0 Å². The van der Waals surface area contributed by atoms with Crippen molar-refractivity contribution >= 4 is 0 Å². The maximum absolute atomic E-state index is 4.39. The lowest BCUT2D eigenvalue weighted by molar-refractivity contribution is 0.302. The summed E-state index contributed by atoms with van der Waals surface area (Å²) in [6.45, 7) is 13.2. The molecule has 0 radical (unpaired) electrons. The quantitative estimate of drug-likeness (QED) is 0.644. The summed E-state index contributed by atoms with van der Waals surface area (Å²) < 4.78 is 2.26. The molecule has 1 aromatic rings. The topological polar surface area (TPSA) is 33.1 Å². The summed E-state index contributed by atoms with van der Waals surface area (Å²) in [5.74, 6) is 1.21. The van der Waals surface area contributed by atoms with Crippen molar-refractivity contribution in [2.45, 2.75) is 40.2 Å². The lowest BCUT2D eigenvalue weighted by Crippen LogP contribution is -2.33. The molecule has 0 fully saturated rings. The molecule has 0 saturated heterocycles. The summed E-state index contributed by atoms with van der Waals surface area (Å²) in [5.41, 5.74) is 0. The predicted octanol–water partition coefficient (Wildman–Crippen LogP) is 1.77. The molecule has 0 aromatic carbocycles. The van der Waals surface area contributed by atoms with Gasteiger partial charge in [0.2, 0.25) is 0 Å². The van der Waals surface area contributed by atoms with Gasteiger partial charge in [0.05, 0.1) is 0 Å². The van der Waals surface area contributed by atoms with Crippen molar-refractivity contribution in [3.63, 3.8) is 0 Å². The molecule has 104 valence electrons. The van der Waals surface area contributed by atoms with Crippen LogP contribution in [0.15, 0.2) is 12.4 Å². The smallest absolute Gasteiger partial charge is 0.108 e. The van der Waals surface area contributed by atoms with Gasteiger partial charge in [0.25, 0.3) is 0 Å². The van der Waals surface area contributed by atoms with Crippen LogP contribution in [-0.2, 0) is 13.0 Å². The van der Waals surface area contributed by atoms with Crippen LogP contribution in [0.3, 0.4) is 0 Å². The Balaban J connectivity index is 2.15. The van der Waals surface area contributed by atoms with Gasteiger partial charge in [0, 0.05) is 45.0 Å². The molecule has 0 atom stereocenters. The van der Waals surface area contributed by atoms with Crippen molar-refractivity contribution in [2.24, 2.45) is 0 Å². The first-order valence-electron chi connectivity index (χ1n) is 7.24. The van der Waals surface area contributed by atoms with Crippen LogP contribution in [-0.4, -0.2) is 47.2 Å². The lowest BCUT2D eigenvalue weighted by Gasteiger charge is -2.18. The fourth-order valence-corrected chi connectivity index (χ4v) is 2.10. The number of likely N-dealkylation sites (N-methyl/N-ethyl adjacent to an activating group) is 1. The fourth-order valence-electron chi connectivity index (χ4n) is 2.10. The summed E-state index contributed by atoms with van der Waals surface area (Å²) in [5, 5.41) is 3.50. The Hall–Kier alpha value is -0.870. The second-order valence-corrected chi connectivity index (χ2v) is 4.56. The molecule has 1 N–H and O–H groups in total. The average Bonchev–Trinajstić information content (AvgIpc) is 2.82. The summed E-state index contributed by atoms with van der Waals surface area (Å²) in [4.78, 5) is 6.82.